The number of halogens is 1. The number of nitrogens with two attached hydrogens (primary N) is 1. The maximum absolute atomic E-state index is 14.5. The Kier molecular flexibility index (Phi) is 9.74. The molecule has 11 heteroatoms. The number of ether oxygens (including phenoxy) is 1. The maximum atomic E-state index is 14.5. The molecule has 1 aromatic carbocycles. The summed E-state index contributed by atoms with van der Waals surface area (Å²) >= 11 is 0. The Morgan fingerprint density at radius 3 is 2.33 bits per heavy atom. The molecule has 5 rings (SSSR count). The van der Waals surface area contributed by atoms with Gasteiger partial charge in [0, 0.05) is 16.9 Å². The largest absolute Gasteiger partial charge is 0.475 e. The zero-order chi connectivity index (χ0) is 32.5. The smallest absolute Gasteiger partial charge is 0.407 e. The van der Waals surface area contributed by atoms with E-state index in [1.807, 2.05) is 0 Å². The van der Waals surface area contributed by atoms with Crippen molar-refractivity contribution < 1.29 is 37.8 Å². The second-order valence-corrected chi connectivity index (χ2v) is 14.1. The molecular formula is C34H46FN3O7. The lowest BCUT2D eigenvalue weighted by molar-refractivity contribution is -0.145. The highest BCUT2D eigenvalue weighted by atomic mass is 19.1. The van der Waals surface area contributed by atoms with Crippen LogP contribution in [-0.4, -0.2) is 58.2 Å². The predicted molar refractivity (Wildman–Crippen MR) is 165 cm³/mol. The van der Waals surface area contributed by atoms with Gasteiger partial charge in [0.25, 0.3) is 0 Å². The monoisotopic (exact) mass is 627 g/mol. The van der Waals surface area contributed by atoms with Crippen LogP contribution in [0.1, 0.15) is 107 Å². The summed E-state index contributed by atoms with van der Waals surface area (Å²) in [5.41, 5.74) is 6.18. The summed E-state index contributed by atoms with van der Waals surface area (Å²) in [7, 11) is 0. The fourth-order valence-corrected chi connectivity index (χ4v) is 8.08. The summed E-state index contributed by atoms with van der Waals surface area (Å²) in [6, 6.07) is 4.75. The zero-order valence-corrected chi connectivity index (χ0v) is 26.4. The molecule has 2 aromatic rings. The molecule has 2 saturated carbocycles. The highest BCUT2D eigenvalue weighted by Crippen LogP contribution is 2.50. The summed E-state index contributed by atoms with van der Waals surface area (Å²) in [5, 5.41) is 13.4. The van der Waals surface area contributed by atoms with Gasteiger partial charge in [-0.05, 0) is 76.7 Å². The first-order valence-corrected chi connectivity index (χ1v) is 16.3. The standard InChI is InChI=1S/C34H46FN3O7/c1-34(2,3)45-33(43)37-24(18-35)20-13-15-21(16-14-20)31(40)38-25(17-23(28(38)30(36)39)19-9-5-4-6-10-19)27-22-11-7-8-12-26(22)44-29(27)32(41)42/h7-8,11-12,19-21,23-25,28H,4-6,9-10,13-18H2,1-3H3,(H2,36,39)(H,37,43)(H,41,42)/t20-,21-,23-,24?,25?,28-/m0/s1. The molecule has 10 nitrogen and oxygen atoms in total. The number of alkyl halides is 1. The summed E-state index contributed by atoms with van der Waals surface area (Å²) < 4.78 is 25.2. The molecule has 3 aliphatic rings. The van der Waals surface area contributed by atoms with Crippen LogP contribution in [0.3, 0.4) is 0 Å². The van der Waals surface area contributed by atoms with Gasteiger partial charge in [-0.2, -0.15) is 0 Å². The summed E-state index contributed by atoms with van der Waals surface area (Å²) in [5.74, 6) is -2.92. The number of carboxylic acid groups (broad SMARTS) is 1. The van der Waals surface area contributed by atoms with Crippen LogP contribution >= 0.6 is 0 Å². The molecule has 0 bridgehead atoms. The number of hydrogen-bond acceptors (Lipinski definition) is 6. The van der Waals surface area contributed by atoms with E-state index < -0.39 is 54.3 Å². The number of carbonyl (C=O) groups excluding carboxylic acids is 3. The van der Waals surface area contributed by atoms with Gasteiger partial charge in [-0.1, -0.05) is 50.3 Å². The average Bonchev–Trinajstić information content (AvgIpc) is 3.59. The number of amides is 3. The van der Waals surface area contributed by atoms with Gasteiger partial charge < -0.3 is 30.2 Å². The average molecular weight is 628 g/mol. The van der Waals surface area contributed by atoms with Gasteiger partial charge in [-0.3, -0.25) is 9.59 Å². The van der Waals surface area contributed by atoms with Crippen molar-refractivity contribution in [2.75, 3.05) is 6.67 Å². The molecule has 45 heavy (non-hydrogen) atoms. The lowest BCUT2D eigenvalue weighted by atomic mass is 9.75. The Morgan fingerprint density at radius 1 is 1.07 bits per heavy atom. The number of primary amides is 1. The highest BCUT2D eigenvalue weighted by molar-refractivity contribution is 5.97. The first-order chi connectivity index (χ1) is 21.4. The summed E-state index contributed by atoms with van der Waals surface area (Å²) in [4.78, 5) is 54.1. The quantitative estimate of drug-likeness (QED) is 0.319. The second-order valence-electron chi connectivity index (χ2n) is 14.1. The van der Waals surface area contributed by atoms with Crippen LogP contribution in [0.15, 0.2) is 28.7 Å². The van der Waals surface area contributed by atoms with Crippen LogP contribution in [0.4, 0.5) is 9.18 Å². The number of nitrogens with one attached hydrogen (secondary N) is 1. The molecule has 0 spiro atoms. The summed E-state index contributed by atoms with van der Waals surface area (Å²) in [6.07, 6.45) is 6.70. The number of hydrogen-bond donors (Lipinski definition) is 3. The normalized spacial score (nSPS) is 26.8. The molecule has 1 aromatic heterocycles. The van der Waals surface area contributed by atoms with Crippen molar-refractivity contribution >= 4 is 34.8 Å². The molecule has 2 unspecified atom stereocenters. The SMILES string of the molecule is CC(C)(C)OC(=O)NC(CF)[C@H]1CC[C@H](C(=O)N2C(c3c(C(=O)O)oc4ccccc34)C[C@@H](C3CCCCC3)[C@H]2C(N)=O)CC1. The zero-order valence-electron chi connectivity index (χ0n) is 26.4. The van der Waals surface area contributed by atoms with Crippen molar-refractivity contribution in [2.45, 2.75) is 109 Å². The predicted octanol–water partition coefficient (Wildman–Crippen LogP) is 6.12. The van der Waals surface area contributed by atoms with Crippen molar-refractivity contribution in [1.82, 2.24) is 10.2 Å². The fraction of sp³-hybridized carbons (Fsp3) is 0.647. The number of carbonyl (C=O) groups is 4. The van der Waals surface area contributed by atoms with E-state index in [0.29, 0.717) is 48.6 Å². The first kappa shape index (κ1) is 32.8. The van der Waals surface area contributed by atoms with Crippen LogP contribution in [-0.2, 0) is 14.3 Å². The van der Waals surface area contributed by atoms with E-state index in [1.165, 1.54) is 0 Å². The van der Waals surface area contributed by atoms with Crippen LogP contribution in [0.25, 0.3) is 11.0 Å². The topological polar surface area (TPSA) is 152 Å². The number of carboxylic acids is 1. The molecule has 2 heterocycles. The van der Waals surface area contributed by atoms with Crippen molar-refractivity contribution in [3.05, 3.63) is 35.6 Å². The molecule has 1 aliphatic heterocycles. The lowest BCUT2D eigenvalue weighted by Crippen LogP contribution is -2.51. The van der Waals surface area contributed by atoms with Crippen LogP contribution in [0, 0.1) is 23.7 Å². The first-order valence-electron chi connectivity index (χ1n) is 16.3. The number of alkyl carbamates (subject to hydrolysis) is 1. The van der Waals surface area contributed by atoms with Gasteiger partial charge >= 0.3 is 12.1 Å². The van der Waals surface area contributed by atoms with Gasteiger partial charge in [0.05, 0.1) is 12.1 Å². The molecule has 4 atom stereocenters. The third-order valence-electron chi connectivity index (χ3n) is 10.1. The Morgan fingerprint density at radius 2 is 1.73 bits per heavy atom. The fourth-order valence-electron chi connectivity index (χ4n) is 8.08. The number of furan rings is 1. The van der Waals surface area contributed by atoms with Crippen LogP contribution in [0.5, 0.6) is 0 Å². The molecule has 1 saturated heterocycles. The van der Waals surface area contributed by atoms with E-state index in [9.17, 15) is 28.7 Å². The van der Waals surface area contributed by atoms with E-state index in [-0.39, 0.29) is 29.4 Å². The second kappa shape index (κ2) is 13.4. The van der Waals surface area contributed by atoms with Crippen LogP contribution < -0.4 is 11.1 Å². The molecule has 3 fully saturated rings. The third kappa shape index (κ3) is 6.97. The van der Waals surface area contributed by atoms with Gasteiger partial charge in [-0.25, -0.2) is 14.0 Å². The summed E-state index contributed by atoms with van der Waals surface area (Å²) in [6.45, 7) is 4.46. The lowest BCUT2D eigenvalue weighted by Gasteiger charge is -2.38. The minimum atomic E-state index is -1.24. The number of nitrogens with zero attached hydrogens (tertiary/aromatic N) is 1. The number of likely N-dealkylation sites (tertiary alicyclic amines) is 1. The molecule has 246 valence electrons. The minimum absolute atomic E-state index is 0.181. The maximum Gasteiger partial charge on any atom is 0.407 e. The number of aromatic carboxylic acids is 1. The van der Waals surface area contributed by atoms with E-state index in [2.05, 4.69) is 5.32 Å². The Balaban J connectivity index is 1.43. The minimum Gasteiger partial charge on any atom is -0.475 e. The van der Waals surface area contributed by atoms with Crippen molar-refractivity contribution in [3.63, 3.8) is 0 Å². The van der Waals surface area contributed by atoms with Gasteiger partial charge in [0.2, 0.25) is 17.6 Å². The van der Waals surface area contributed by atoms with Crippen molar-refractivity contribution in [2.24, 2.45) is 29.4 Å². The molecular weight excluding hydrogens is 581 g/mol. The van der Waals surface area contributed by atoms with Crippen molar-refractivity contribution in [3.8, 4) is 0 Å². The Bertz CT molecular complexity index is 1400. The van der Waals surface area contributed by atoms with E-state index in [1.54, 1.807) is 49.9 Å². The van der Waals surface area contributed by atoms with Crippen molar-refractivity contribution in [1.29, 1.82) is 0 Å². The number of fused-ring (bicyclic) bond motifs is 1. The molecule has 3 amide bonds. The van der Waals surface area contributed by atoms with E-state index in [0.717, 1.165) is 32.1 Å². The van der Waals surface area contributed by atoms with E-state index in [4.69, 9.17) is 14.9 Å². The van der Waals surface area contributed by atoms with Gasteiger partial charge in [0.15, 0.2) is 0 Å². The highest BCUT2D eigenvalue weighted by Gasteiger charge is 2.53. The molecule has 4 N–H and O–H groups in total. The van der Waals surface area contributed by atoms with Gasteiger partial charge in [0.1, 0.15) is 23.9 Å². The molecule has 2 aliphatic carbocycles. The van der Waals surface area contributed by atoms with Gasteiger partial charge in [-0.15, -0.1) is 0 Å². The number of rotatable bonds is 8. The molecule has 0 radical (unpaired) electrons. The third-order valence-corrected chi connectivity index (χ3v) is 10.1. The Labute approximate surface area is 263 Å². The number of benzene rings is 1. The Hall–Kier alpha value is -3.63. The van der Waals surface area contributed by atoms with E-state index >= 15 is 0 Å². The van der Waals surface area contributed by atoms with Crippen LogP contribution in [0.2, 0.25) is 0 Å². The number of para-hydroxylation sites is 1.